The van der Waals surface area contributed by atoms with Crippen LogP contribution in [0, 0.1) is 0 Å². The molecule has 2 amide bonds. The predicted molar refractivity (Wildman–Crippen MR) is 105 cm³/mol. The smallest absolute Gasteiger partial charge is 0.416 e. The summed E-state index contributed by atoms with van der Waals surface area (Å²) in [4.78, 5) is 28.0. The van der Waals surface area contributed by atoms with Crippen LogP contribution in [0.4, 0.5) is 13.2 Å². The summed E-state index contributed by atoms with van der Waals surface area (Å²) in [7, 11) is 0. The number of ether oxygens (including phenoxy) is 1. The fourth-order valence-electron chi connectivity index (χ4n) is 3.20. The minimum atomic E-state index is -4.44. The van der Waals surface area contributed by atoms with Gasteiger partial charge in [-0.25, -0.2) is 0 Å². The monoisotopic (exact) mass is 420 g/mol. The molecule has 1 fully saturated rings. The average Bonchev–Trinajstić information content (AvgIpc) is 2.77. The maximum atomic E-state index is 12.7. The zero-order valence-electron chi connectivity index (χ0n) is 16.6. The van der Waals surface area contributed by atoms with E-state index in [0.717, 1.165) is 18.6 Å². The Hall–Kier alpha value is -3.03. The van der Waals surface area contributed by atoms with Crippen LogP contribution < -0.4 is 4.74 Å². The summed E-state index contributed by atoms with van der Waals surface area (Å²) in [6.45, 7) is 3.31. The number of amides is 2. The van der Waals surface area contributed by atoms with Crippen LogP contribution in [-0.2, 0) is 17.4 Å². The van der Waals surface area contributed by atoms with Crippen LogP contribution in [0.5, 0.6) is 5.75 Å². The number of halogens is 3. The van der Waals surface area contributed by atoms with Crippen molar-refractivity contribution in [2.24, 2.45) is 0 Å². The number of benzene rings is 2. The van der Waals surface area contributed by atoms with Crippen LogP contribution in [0.2, 0.25) is 0 Å². The lowest BCUT2D eigenvalue weighted by Gasteiger charge is -2.34. The van der Waals surface area contributed by atoms with Gasteiger partial charge < -0.3 is 14.5 Å². The fraction of sp³-hybridized carbons (Fsp3) is 0.364. The third-order valence-electron chi connectivity index (χ3n) is 5.07. The third kappa shape index (κ3) is 5.31. The van der Waals surface area contributed by atoms with E-state index < -0.39 is 11.7 Å². The number of carbonyl (C=O) groups is 2. The Morgan fingerprint density at radius 2 is 1.47 bits per heavy atom. The van der Waals surface area contributed by atoms with Gasteiger partial charge in [0, 0.05) is 31.7 Å². The number of alkyl halides is 3. The molecule has 0 atom stereocenters. The lowest BCUT2D eigenvalue weighted by Crippen LogP contribution is -2.51. The van der Waals surface area contributed by atoms with Gasteiger partial charge in [0.15, 0.2) is 6.61 Å². The van der Waals surface area contributed by atoms with E-state index in [9.17, 15) is 22.8 Å². The van der Waals surface area contributed by atoms with Crippen molar-refractivity contribution in [3.63, 3.8) is 0 Å². The van der Waals surface area contributed by atoms with Gasteiger partial charge in [0.1, 0.15) is 5.75 Å². The van der Waals surface area contributed by atoms with E-state index in [2.05, 4.69) is 6.92 Å². The van der Waals surface area contributed by atoms with Crippen molar-refractivity contribution >= 4 is 11.8 Å². The Morgan fingerprint density at radius 1 is 0.900 bits per heavy atom. The van der Waals surface area contributed by atoms with E-state index in [4.69, 9.17) is 4.74 Å². The van der Waals surface area contributed by atoms with Gasteiger partial charge in [0.25, 0.3) is 11.8 Å². The Kier molecular flexibility index (Phi) is 6.64. The first-order chi connectivity index (χ1) is 14.3. The second kappa shape index (κ2) is 9.19. The van der Waals surface area contributed by atoms with E-state index in [-0.39, 0.29) is 24.0 Å². The summed E-state index contributed by atoms with van der Waals surface area (Å²) < 4.78 is 43.5. The first kappa shape index (κ1) is 21.7. The molecule has 5 nitrogen and oxygen atoms in total. The normalized spacial score (nSPS) is 14.5. The highest BCUT2D eigenvalue weighted by atomic mass is 19.4. The minimum absolute atomic E-state index is 0.0850. The van der Waals surface area contributed by atoms with Crippen molar-refractivity contribution in [3.8, 4) is 5.75 Å². The van der Waals surface area contributed by atoms with Gasteiger partial charge in [-0.05, 0) is 48.4 Å². The fourth-order valence-corrected chi connectivity index (χ4v) is 3.20. The van der Waals surface area contributed by atoms with E-state index in [1.54, 1.807) is 4.90 Å². The third-order valence-corrected chi connectivity index (χ3v) is 5.07. The van der Waals surface area contributed by atoms with E-state index in [1.165, 1.54) is 22.6 Å². The number of carbonyl (C=O) groups excluding carboxylic acids is 2. The molecule has 0 bridgehead atoms. The summed E-state index contributed by atoms with van der Waals surface area (Å²) in [5.41, 5.74) is 0.586. The Labute approximate surface area is 173 Å². The van der Waals surface area contributed by atoms with Gasteiger partial charge in [-0.3, -0.25) is 9.59 Å². The molecule has 0 aromatic heterocycles. The molecule has 1 aliphatic rings. The SMILES string of the molecule is CCc1ccc(OCC(=O)N2CCN(C(=O)c3ccc(C(F)(F)F)cc3)CC2)cc1. The molecular formula is C22H23F3N2O3. The molecule has 0 radical (unpaired) electrons. The number of nitrogens with zero attached hydrogens (tertiary/aromatic N) is 2. The summed E-state index contributed by atoms with van der Waals surface area (Å²) >= 11 is 0. The molecule has 8 heteroatoms. The van der Waals surface area contributed by atoms with Crippen molar-refractivity contribution < 1.29 is 27.5 Å². The molecule has 160 valence electrons. The van der Waals surface area contributed by atoms with Crippen molar-refractivity contribution in [3.05, 3.63) is 65.2 Å². The zero-order chi connectivity index (χ0) is 21.7. The molecule has 2 aromatic rings. The lowest BCUT2D eigenvalue weighted by atomic mass is 10.1. The van der Waals surface area contributed by atoms with Gasteiger partial charge in [-0.15, -0.1) is 0 Å². The molecule has 1 aliphatic heterocycles. The summed E-state index contributed by atoms with van der Waals surface area (Å²) in [5, 5.41) is 0. The molecule has 0 N–H and O–H groups in total. The maximum absolute atomic E-state index is 12.7. The molecule has 0 unspecified atom stereocenters. The quantitative estimate of drug-likeness (QED) is 0.742. The Bertz CT molecular complexity index is 872. The van der Waals surface area contributed by atoms with Gasteiger partial charge in [-0.2, -0.15) is 13.2 Å². The van der Waals surface area contributed by atoms with Crippen LogP contribution >= 0.6 is 0 Å². The minimum Gasteiger partial charge on any atom is -0.484 e. The Morgan fingerprint density at radius 3 is 2.00 bits per heavy atom. The van der Waals surface area contributed by atoms with Crippen LogP contribution in [0.25, 0.3) is 0 Å². The number of aryl methyl sites for hydroxylation is 1. The van der Waals surface area contributed by atoms with Crippen LogP contribution in [-0.4, -0.2) is 54.4 Å². The molecule has 1 heterocycles. The van der Waals surface area contributed by atoms with Crippen molar-refractivity contribution in [2.45, 2.75) is 19.5 Å². The second-order valence-electron chi connectivity index (χ2n) is 7.03. The molecular weight excluding hydrogens is 397 g/mol. The Balaban J connectivity index is 1.48. The molecule has 2 aromatic carbocycles. The van der Waals surface area contributed by atoms with Crippen molar-refractivity contribution in [2.75, 3.05) is 32.8 Å². The second-order valence-corrected chi connectivity index (χ2v) is 7.03. The molecule has 30 heavy (non-hydrogen) atoms. The molecule has 0 saturated carbocycles. The van der Waals surface area contributed by atoms with E-state index >= 15 is 0 Å². The highest BCUT2D eigenvalue weighted by Gasteiger charge is 2.31. The van der Waals surface area contributed by atoms with Gasteiger partial charge in [0.2, 0.25) is 0 Å². The van der Waals surface area contributed by atoms with Gasteiger partial charge in [0.05, 0.1) is 5.56 Å². The van der Waals surface area contributed by atoms with Gasteiger partial charge in [-0.1, -0.05) is 19.1 Å². The lowest BCUT2D eigenvalue weighted by molar-refractivity contribution is -0.137. The maximum Gasteiger partial charge on any atom is 0.416 e. The average molecular weight is 420 g/mol. The first-order valence-corrected chi connectivity index (χ1v) is 9.74. The zero-order valence-corrected chi connectivity index (χ0v) is 16.6. The van der Waals surface area contributed by atoms with Gasteiger partial charge >= 0.3 is 6.18 Å². The largest absolute Gasteiger partial charge is 0.484 e. The molecule has 0 spiro atoms. The summed E-state index contributed by atoms with van der Waals surface area (Å²) in [5.74, 6) is 0.107. The number of hydrogen-bond acceptors (Lipinski definition) is 3. The van der Waals surface area contributed by atoms with Crippen LogP contribution in [0.15, 0.2) is 48.5 Å². The molecule has 3 rings (SSSR count). The highest BCUT2D eigenvalue weighted by Crippen LogP contribution is 2.29. The van der Waals surface area contributed by atoms with Crippen LogP contribution in [0.3, 0.4) is 0 Å². The molecule has 0 aliphatic carbocycles. The summed E-state index contributed by atoms with van der Waals surface area (Å²) in [6.07, 6.45) is -3.51. The van der Waals surface area contributed by atoms with E-state index in [0.29, 0.717) is 31.9 Å². The topological polar surface area (TPSA) is 49.9 Å². The predicted octanol–water partition coefficient (Wildman–Crippen LogP) is 3.63. The number of piperazine rings is 1. The number of rotatable bonds is 5. The first-order valence-electron chi connectivity index (χ1n) is 9.74. The van der Waals surface area contributed by atoms with Crippen molar-refractivity contribution in [1.29, 1.82) is 0 Å². The molecule has 1 saturated heterocycles. The standard InChI is InChI=1S/C22H23F3N2O3/c1-2-16-3-9-19(10-4-16)30-15-20(28)26-11-13-27(14-12-26)21(29)17-5-7-18(8-6-17)22(23,24)25/h3-10H,2,11-15H2,1H3. The van der Waals surface area contributed by atoms with Crippen molar-refractivity contribution in [1.82, 2.24) is 9.80 Å². The summed E-state index contributed by atoms with van der Waals surface area (Å²) in [6, 6.07) is 11.7. The highest BCUT2D eigenvalue weighted by molar-refractivity contribution is 5.94. The van der Waals surface area contributed by atoms with E-state index in [1.807, 2.05) is 24.3 Å². The van der Waals surface area contributed by atoms with Crippen LogP contribution in [0.1, 0.15) is 28.4 Å². The number of hydrogen-bond donors (Lipinski definition) is 0.